The lowest BCUT2D eigenvalue weighted by Gasteiger charge is -2.18. The Morgan fingerprint density at radius 1 is 1.50 bits per heavy atom. The normalized spacial score (nSPS) is 21.5. The fourth-order valence-corrected chi connectivity index (χ4v) is 2.45. The quantitative estimate of drug-likeness (QED) is 0.730. The van der Waals surface area contributed by atoms with Crippen molar-refractivity contribution in [3.63, 3.8) is 0 Å². The number of urea groups is 1. The van der Waals surface area contributed by atoms with E-state index in [2.05, 4.69) is 10.6 Å². The number of halogens is 1. The van der Waals surface area contributed by atoms with Crippen LogP contribution in [0, 0.1) is 11.7 Å². The average molecular weight is 308 g/mol. The van der Waals surface area contributed by atoms with Crippen molar-refractivity contribution < 1.29 is 19.0 Å². The molecule has 1 aliphatic rings. The molecule has 1 aliphatic carbocycles. The summed E-state index contributed by atoms with van der Waals surface area (Å²) >= 11 is 0. The first-order valence-electron chi connectivity index (χ1n) is 7.23. The first-order chi connectivity index (χ1) is 10.5. The third-order valence-electron chi connectivity index (χ3n) is 3.75. The molecule has 1 aromatic carbocycles. The minimum atomic E-state index is -0.436. The van der Waals surface area contributed by atoms with Crippen LogP contribution in [0.4, 0.5) is 9.18 Å². The average Bonchev–Trinajstić information content (AvgIpc) is 2.95. The molecule has 0 aliphatic heterocycles. The summed E-state index contributed by atoms with van der Waals surface area (Å²) < 4.78 is 18.3. The number of amides is 2. The first kappa shape index (κ1) is 16.3. The molecule has 3 atom stereocenters. The number of rotatable bonds is 5. The summed E-state index contributed by atoms with van der Waals surface area (Å²) in [6, 6.07) is 3.83. The molecule has 5 nitrogen and oxygen atoms in total. The van der Waals surface area contributed by atoms with Crippen molar-refractivity contribution in [3.05, 3.63) is 41.7 Å². The van der Waals surface area contributed by atoms with Gasteiger partial charge in [-0.3, -0.25) is 0 Å². The molecule has 1 aromatic rings. The second kappa shape index (κ2) is 7.26. The zero-order valence-corrected chi connectivity index (χ0v) is 12.7. The van der Waals surface area contributed by atoms with Crippen molar-refractivity contribution in [1.82, 2.24) is 10.6 Å². The van der Waals surface area contributed by atoms with Gasteiger partial charge in [0.05, 0.1) is 13.2 Å². The monoisotopic (exact) mass is 308 g/mol. The summed E-state index contributed by atoms with van der Waals surface area (Å²) in [7, 11) is 1.40. The van der Waals surface area contributed by atoms with Crippen LogP contribution >= 0.6 is 0 Å². The van der Waals surface area contributed by atoms with E-state index in [-0.39, 0.29) is 36.4 Å². The number of nitrogens with one attached hydrogen (secondary N) is 2. The summed E-state index contributed by atoms with van der Waals surface area (Å²) in [4.78, 5) is 12.0. The molecule has 0 spiro atoms. The van der Waals surface area contributed by atoms with E-state index in [9.17, 15) is 9.18 Å². The van der Waals surface area contributed by atoms with Crippen molar-refractivity contribution in [2.24, 2.45) is 5.92 Å². The van der Waals surface area contributed by atoms with Gasteiger partial charge in [-0.15, -0.1) is 0 Å². The minimum absolute atomic E-state index is 0.0768. The Morgan fingerprint density at radius 2 is 2.27 bits per heavy atom. The third kappa shape index (κ3) is 3.98. The molecule has 6 heteroatoms. The molecule has 0 bridgehead atoms. The van der Waals surface area contributed by atoms with Crippen molar-refractivity contribution in [1.29, 1.82) is 0 Å². The zero-order valence-electron chi connectivity index (χ0n) is 12.7. The molecule has 0 saturated carbocycles. The number of aliphatic hydroxyl groups is 1. The van der Waals surface area contributed by atoms with Crippen LogP contribution < -0.4 is 15.4 Å². The fourth-order valence-electron chi connectivity index (χ4n) is 2.45. The highest BCUT2D eigenvalue weighted by Gasteiger charge is 2.20. The molecule has 3 N–H and O–H groups in total. The van der Waals surface area contributed by atoms with Crippen LogP contribution in [-0.4, -0.2) is 30.9 Å². The van der Waals surface area contributed by atoms with Crippen molar-refractivity contribution >= 4 is 6.03 Å². The maximum atomic E-state index is 13.4. The maximum Gasteiger partial charge on any atom is 0.315 e. The highest BCUT2D eigenvalue weighted by Crippen LogP contribution is 2.22. The predicted octanol–water partition coefficient (Wildman–Crippen LogP) is 2.13. The molecule has 0 fully saturated rings. The van der Waals surface area contributed by atoms with E-state index in [0.717, 1.165) is 5.56 Å². The predicted molar refractivity (Wildman–Crippen MR) is 81.2 cm³/mol. The summed E-state index contributed by atoms with van der Waals surface area (Å²) in [5, 5.41) is 14.7. The Hall–Kier alpha value is -2.08. The molecule has 0 heterocycles. The molecule has 120 valence electrons. The largest absolute Gasteiger partial charge is 0.494 e. The van der Waals surface area contributed by atoms with Gasteiger partial charge in [0.25, 0.3) is 0 Å². The van der Waals surface area contributed by atoms with Crippen LogP contribution in [0.1, 0.15) is 24.9 Å². The number of aliphatic hydroxyl groups excluding tert-OH is 1. The number of carbonyl (C=O) groups excluding carboxylic acids is 1. The smallest absolute Gasteiger partial charge is 0.315 e. The summed E-state index contributed by atoms with van der Waals surface area (Å²) in [5.74, 6) is -0.186. The Morgan fingerprint density at radius 3 is 2.91 bits per heavy atom. The van der Waals surface area contributed by atoms with E-state index >= 15 is 0 Å². The molecular weight excluding hydrogens is 287 g/mol. The molecular formula is C16H21FN2O3. The standard InChI is InChI=1S/C16H21FN2O3/c1-10(12-4-6-14(17)15(8-12)22-2)18-16(21)19-13-5-3-11(7-13)9-20/h3-6,8,10-11,13,20H,7,9H2,1-2H3,(H2,18,19,21)/t10?,11-,13+/m0/s1. The number of benzene rings is 1. The second-order valence-electron chi connectivity index (χ2n) is 5.40. The summed E-state index contributed by atoms with van der Waals surface area (Å²) in [6.45, 7) is 1.90. The molecule has 2 amide bonds. The van der Waals surface area contributed by atoms with Crippen LogP contribution in [0.15, 0.2) is 30.4 Å². The Bertz CT molecular complexity index is 562. The minimum Gasteiger partial charge on any atom is -0.494 e. The van der Waals surface area contributed by atoms with Gasteiger partial charge in [0.2, 0.25) is 0 Å². The fraction of sp³-hybridized carbons (Fsp3) is 0.438. The maximum absolute atomic E-state index is 13.4. The lowest BCUT2D eigenvalue weighted by Crippen LogP contribution is -2.41. The number of methoxy groups -OCH3 is 1. The van der Waals surface area contributed by atoms with Gasteiger partial charge in [-0.1, -0.05) is 18.2 Å². The van der Waals surface area contributed by atoms with E-state index in [1.165, 1.54) is 13.2 Å². The van der Waals surface area contributed by atoms with E-state index < -0.39 is 5.82 Å². The number of hydrogen-bond acceptors (Lipinski definition) is 3. The molecule has 0 radical (unpaired) electrons. The second-order valence-corrected chi connectivity index (χ2v) is 5.40. The number of carbonyl (C=O) groups is 1. The van der Waals surface area contributed by atoms with E-state index in [0.29, 0.717) is 6.42 Å². The van der Waals surface area contributed by atoms with Crippen LogP contribution in [0.3, 0.4) is 0 Å². The van der Waals surface area contributed by atoms with Crippen LogP contribution in [-0.2, 0) is 0 Å². The SMILES string of the molecule is COc1cc(C(C)NC(=O)N[C@@H]2C=C[C@H](CO)C2)ccc1F. The van der Waals surface area contributed by atoms with Gasteiger partial charge in [-0.05, 0) is 31.0 Å². The van der Waals surface area contributed by atoms with Crippen LogP contribution in [0.5, 0.6) is 5.75 Å². The van der Waals surface area contributed by atoms with E-state index in [1.807, 2.05) is 19.1 Å². The van der Waals surface area contributed by atoms with Gasteiger partial charge in [-0.2, -0.15) is 0 Å². The van der Waals surface area contributed by atoms with Gasteiger partial charge >= 0.3 is 6.03 Å². The van der Waals surface area contributed by atoms with Crippen molar-refractivity contribution in [3.8, 4) is 5.75 Å². The Labute approximate surface area is 129 Å². The van der Waals surface area contributed by atoms with Crippen LogP contribution in [0.25, 0.3) is 0 Å². The van der Waals surface area contributed by atoms with Gasteiger partial charge in [0.15, 0.2) is 11.6 Å². The number of ether oxygens (including phenoxy) is 1. The highest BCUT2D eigenvalue weighted by molar-refractivity contribution is 5.75. The van der Waals surface area contributed by atoms with Crippen molar-refractivity contribution in [2.75, 3.05) is 13.7 Å². The molecule has 22 heavy (non-hydrogen) atoms. The summed E-state index contributed by atoms with van der Waals surface area (Å²) in [5.41, 5.74) is 0.753. The van der Waals surface area contributed by atoms with E-state index in [1.54, 1.807) is 12.1 Å². The number of hydrogen-bond donors (Lipinski definition) is 3. The summed E-state index contributed by atoms with van der Waals surface area (Å²) in [6.07, 6.45) is 4.48. The van der Waals surface area contributed by atoms with Crippen LogP contribution in [0.2, 0.25) is 0 Å². The topological polar surface area (TPSA) is 70.6 Å². The molecule has 1 unspecified atom stereocenters. The van der Waals surface area contributed by atoms with E-state index in [4.69, 9.17) is 9.84 Å². The molecule has 0 saturated heterocycles. The third-order valence-corrected chi connectivity index (χ3v) is 3.75. The molecule has 2 rings (SSSR count). The zero-order chi connectivity index (χ0) is 16.1. The van der Waals surface area contributed by atoms with Gasteiger partial charge in [0, 0.05) is 18.6 Å². The molecule has 0 aromatic heterocycles. The lowest BCUT2D eigenvalue weighted by atomic mass is 10.1. The van der Waals surface area contributed by atoms with Gasteiger partial charge in [0.1, 0.15) is 0 Å². The highest BCUT2D eigenvalue weighted by atomic mass is 19.1. The van der Waals surface area contributed by atoms with Gasteiger partial charge < -0.3 is 20.5 Å². The Kier molecular flexibility index (Phi) is 5.38. The first-order valence-corrected chi connectivity index (χ1v) is 7.23. The van der Waals surface area contributed by atoms with Crippen molar-refractivity contribution in [2.45, 2.75) is 25.4 Å². The lowest BCUT2D eigenvalue weighted by molar-refractivity contribution is 0.229. The Balaban J connectivity index is 1.90. The van der Waals surface area contributed by atoms with Gasteiger partial charge in [-0.25, -0.2) is 9.18 Å².